The average molecular weight is 316 g/mol. The van der Waals surface area contributed by atoms with Gasteiger partial charge in [0.25, 0.3) is 0 Å². The van der Waals surface area contributed by atoms with Gasteiger partial charge in [-0.3, -0.25) is 0 Å². The minimum Gasteiger partial charge on any atom is -0.508 e. The maximum atomic E-state index is 10.2. The van der Waals surface area contributed by atoms with Crippen molar-refractivity contribution in [3.63, 3.8) is 0 Å². The molecule has 1 aliphatic heterocycles. The Balaban J connectivity index is 1.79. The number of epoxide rings is 1. The van der Waals surface area contributed by atoms with E-state index < -0.39 is 11.2 Å². The number of phenols is 1. The smallest absolute Gasteiger partial charge is 0.148 e. The first-order chi connectivity index (χ1) is 11.7. The van der Waals surface area contributed by atoms with Gasteiger partial charge in [0, 0.05) is 6.42 Å². The molecular formula is C22H20O2. The van der Waals surface area contributed by atoms with E-state index in [1.165, 1.54) is 0 Å². The van der Waals surface area contributed by atoms with Gasteiger partial charge in [-0.15, -0.1) is 0 Å². The molecule has 1 atom stereocenters. The molecule has 0 amide bonds. The molecule has 3 aromatic rings. The first-order valence-electron chi connectivity index (χ1n) is 8.24. The highest BCUT2D eigenvalue weighted by Gasteiger charge is 2.68. The number of phenolic OH excluding ortho intramolecular Hbond substituents is 1. The van der Waals surface area contributed by atoms with E-state index in [0.29, 0.717) is 12.2 Å². The van der Waals surface area contributed by atoms with Gasteiger partial charge in [-0.25, -0.2) is 0 Å². The fourth-order valence-electron chi connectivity index (χ4n) is 3.74. The van der Waals surface area contributed by atoms with Crippen LogP contribution in [-0.2, 0) is 16.8 Å². The summed E-state index contributed by atoms with van der Waals surface area (Å²) >= 11 is 0. The Morgan fingerprint density at radius 1 is 0.750 bits per heavy atom. The zero-order valence-corrected chi connectivity index (χ0v) is 13.6. The molecule has 0 saturated carbocycles. The van der Waals surface area contributed by atoms with Gasteiger partial charge in [0.1, 0.15) is 17.0 Å². The van der Waals surface area contributed by atoms with E-state index in [1.807, 2.05) is 54.6 Å². The lowest BCUT2D eigenvalue weighted by atomic mass is 9.79. The third kappa shape index (κ3) is 2.22. The molecule has 1 N–H and O–H groups in total. The van der Waals surface area contributed by atoms with Crippen molar-refractivity contribution in [2.24, 2.45) is 0 Å². The molecule has 2 nitrogen and oxygen atoms in total. The Kier molecular flexibility index (Phi) is 3.43. The third-order valence-corrected chi connectivity index (χ3v) is 4.96. The molecule has 24 heavy (non-hydrogen) atoms. The van der Waals surface area contributed by atoms with Gasteiger partial charge in [-0.1, -0.05) is 78.9 Å². The van der Waals surface area contributed by atoms with Crippen LogP contribution in [0.4, 0.5) is 0 Å². The van der Waals surface area contributed by atoms with Crippen LogP contribution in [0.3, 0.4) is 0 Å². The fourth-order valence-corrected chi connectivity index (χ4v) is 3.74. The van der Waals surface area contributed by atoms with Gasteiger partial charge < -0.3 is 9.84 Å². The molecule has 3 aromatic carbocycles. The zero-order valence-electron chi connectivity index (χ0n) is 13.6. The lowest BCUT2D eigenvalue weighted by Crippen LogP contribution is -2.25. The van der Waals surface area contributed by atoms with Crippen LogP contribution in [0.15, 0.2) is 84.9 Å². The van der Waals surface area contributed by atoms with Gasteiger partial charge in [0.15, 0.2) is 0 Å². The van der Waals surface area contributed by atoms with Crippen LogP contribution in [0.2, 0.25) is 0 Å². The zero-order chi connectivity index (χ0) is 16.6. The molecule has 0 radical (unpaired) electrons. The van der Waals surface area contributed by atoms with Crippen LogP contribution in [0.25, 0.3) is 0 Å². The molecule has 1 unspecified atom stereocenters. The molecule has 2 heteroatoms. The highest BCUT2D eigenvalue weighted by atomic mass is 16.6. The largest absolute Gasteiger partial charge is 0.508 e. The maximum Gasteiger partial charge on any atom is 0.148 e. The normalized spacial score (nSPS) is 21.4. The maximum absolute atomic E-state index is 10.2. The topological polar surface area (TPSA) is 32.8 Å². The van der Waals surface area contributed by atoms with Crippen molar-refractivity contribution < 1.29 is 9.84 Å². The minimum atomic E-state index is -0.474. The number of hydrogen-bond acceptors (Lipinski definition) is 2. The summed E-state index contributed by atoms with van der Waals surface area (Å²) in [7, 11) is 0. The monoisotopic (exact) mass is 316 g/mol. The Morgan fingerprint density at radius 3 is 1.79 bits per heavy atom. The average Bonchev–Trinajstić information content (AvgIpc) is 3.25. The van der Waals surface area contributed by atoms with E-state index in [1.54, 1.807) is 6.07 Å². The molecule has 4 rings (SSSR count). The van der Waals surface area contributed by atoms with Crippen molar-refractivity contribution >= 4 is 0 Å². The number of hydrogen-bond donors (Lipinski definition) is 1. The van der Waals surface area contributed by atoms with Gasteiger partial charge >= 0.3 is 0 Å². The second-order valence-electron chi connectivity index (χ2n) is 6.55. The Labute approximate surface area is 142 Å². The van der Waals surface area contributed by atoms with Crippen LogP contribution >= 0.6 is 0 Å². The number of para-hydroxylation sites is 1. The molecule has 0 bridgehead atoms. The molecular weight excluding hydrogens is 296 g/mol. The SMILES string of the molecule is CC1(Cc2ccccc2O)OC1(c1ccccc1)c1ccccc1. The summed E-state index contributed by atoms with van der Waals surface area (Å²) in [6.45, 7) is 2.12. The van der Waals surface area contributed by atoms with Gasteiger partial charge in [-0.2, -0.15) is 0 Å². The molecule has 0 spiro atoms. The quantitative estimate of drug-likeness (QED) is 0.710. The van der Waals surface area contributed by atoms with Crippen LogP contribution in [0.5, 0.6) is 5.75 Å². The Morgan fingerprint density at radius 2 is 1.25 bits per heavy atom. The van der Waals surface area contributed by atoms with Crippen molar-refractivity contribution in [1.29, 1.82) is 0 Å². The van der Waals surface area contributed by atoms with Crippen LogP contribution in [-0.4, -0.2) is 10.7 Å². The molecule has 120 valence electrons. The number of benzene rings is 3. The number of aromatic hydroxyl groups is 1. The predicted octanol–water partition coefficient (Wildman–Crippen LogP) is 4.67. The van der Waals surface area contributed by atoms with Crippen molar-refractivity contribution in [3.05, 3.63) is 102 Å². The Bertz CT molecular complexity index is 803. The Hall–Kier alpha value is -2.58. The van der Waals surface area contributed by atoms with Crippen LogP contribution < -0.4 is 0 Å². The van der Waals surface area contributed by atoms with E-state index in [-0.39, 0.29) is 0 Å². The van der Waals surface area contributed by atoms with Gasteiger partial charge in [-0.05, 0) is 29.7 Å². The van der Waals surface area contributed by atoms with E-state index >= 15 is 0 Å². The second-order valence-corrected chi connectivity index (χ2v) is 6.55. The van der Waals surface area contributed by atoms with Gasteiger partial charge in [0.05, 0.1) is 0 Å². The molecule has 1 fully saturated rings. The van der Waals surface area contributed by atoms with E-state index in [9.17, 15) is 5.11 Å². The summed E-state index contributed by atoms with van der Waals surface area (Å²) in [6.07, 6.45) is 0.656. The standard InChI is InChI=1S/C22H20O2/c1-21(16-17-10-8-9-15-20(17)23)22(24-21,18-11-4-2-5-12-18)19-13-6-3-7-14-19/h2-15,23H,16H2,1H3. The summed E-state index contributed by atoms with van der Waals surface area (Å²) in [5.74, 6) is 0.323. The molecule has 1 heterocycles. The summed E-state index contributed by atoms with van der Waals surface area (Å²) < 4.78 is 6.41. The van der Waals surface area contributed by atoms with Crippen molar-refractivity contribution in [3.8, 4) is 5.75 Å². The second kappa shape index (κ2) is 5.50. The molecule has 0 aromatic heterocycles. The summed E-state index contributed by atoms with van der Waals surface area (Å²) in [4.78, 5) is 0. The summed E-state index contributed by atoms with van der Waals surface area (Å²) in [5, 5.41) is 10.2. The highest BCUT2D eigenvalue weighted by Crippen LogP contribution is 2.61. The first kappa shape index (κ1) is 15.0. The van der Waals surface area contributed by atoms with E-state index in [4.69, 9.17) is 4.74 Å². The fraction of sp³-hybridized carbons (Fsp3) is 0.182. The van der Waals surface area contributed by atoms with E-state index in [0.717, 1.165) is 16.7 Å². The van der Waals surface area contributed by atoms with Crippen molar-refractivity contribution in [1.82, 2.24) is 0 Å². The minimum absolute atomic E-state index is 0.323. The van der Waals surface area contributed by atoms with Gasteiger partial charge in [0.2, 0.25) is 0 Å². The lowest BCUT2D eigenvalue weighted by molar-refractivity contribution is 0.285. The molecule has 0 aliphatic carbocycles. The first-order valence-corrected chi connectivity index (χ1v) is 8.24. The van der Waals surface area contributed by atoms with Crippen LogP contribution in [0.1, 0.15) is 23.6 Å². The highest BCUT2D eigenvalue weighted by molar-refractivity contribution is 5.48. The van der Waals surface area contributed by atoms with E-state index in [2.05, 4.69) is 31.2 Å². The third-order valence-electron chi connectivity index (χ3n) is 4.96. The van der Waals surface area contributed by atoms with Crippen molar-refractivity contribution in [2.75, 3.05) is 0 Å². The lowest BCUT2D eigenvalue weighted by Gasteiger charge is -2.19. The van der Waals surface area contributed by atoms with Crippen molar-refractivity contribution in [2.45, 2.75) is 24.5 Å². The summed E-state index contributed by atoms with van der Waals surface area (Å²) in [5.41, 5.74) is 2.34. The number of rotatable bonds is 4. The van der Waals surface area contributed by atoms with Crippen LogP contribution in [0, 0.1) is 0 Å². The summed E-state index contributed by atoms with van der Waals surface area (Å²) in [6, 6.07) is 28.2. The molecule has 1 saturated heterocycles. The molecule has 1 aliphatic rings. The number of ether oxygens (including phenoxy) is 1. The predicted molar refractivity (Wildman–Crippen MR) is 95.0 cm³/mol.